The molecule has 0 atom stereocenters. The van der Waals surface area contributed by atoms with Gasteiger partial charge < -0.3 is 0 Å². The first-order valence-electron chi connectivity index (χ1n) is 13.2. The third-order valence-corrected chi connectivity index (χ3v) is 9.02. The molecule has 0 bridgehead atoms. The molecular weight excluding hydrogens is 853 g/mol. The molecule has 0 N–H and O–H groups in total. The summed E-state index contributed by atoms with van der Waals surface area (Å²) in [6.45, 7) is 9.78. The lowest BCUT2D eigenvalue weighted by atomic mass is 10.2. The summed E-state index contributed by atoms with van der Waals surface area (Å²) in [5.41, 5.74) is 5.37. The highest BCUT2D eigenvalue weighted by Gasteiger charge is 1.96. The third kappa shape index (κ3) is 23.7. The van der Waals surface area contributed by atoms with Gasteiger partial charge in [-0.2, -0.15) is 0 Å². The average molecular weight is 888 g/mol. The molecule has 0 spiro atoms. The van der Waals surface area contributed by atoms with E-state index in [2.05, 4.69) is 0 Å². The van der Waals surface area contributed by atoms with E-state index in [0.717, 1.165) is 77.4 Å². The molecule has 0 aromatic heterocycles. The summed E-state index contributed by atoms with van der Waals surface area (Å²) in [4.78, 5) is 3.98. The first kappa shape index (κ1) is 57.6. The fourth-order valence-corrected chi connectivity index (χ4v) is 5.02. The van der Waals surface area contributed by atoms with Gasteiger partial charge >= 0.3 is 0 Å². The zero-order valence-electron chi connectivity index (χ0n) is 27.1. The number of hydrogen-bond acceptors (Lipinski definition) is 0. The van der Waals surface area contributed by atoms with E-state index < -0.39 is 0 Å². The van der Waals surface area contributed by atoms with E-state index >= 15 is 0 Å². The summed E-state index contributed by atoms with van der Waals surface area (Å²) in [6.07, 6.45) is 0. The lowest BCUT2D eigenvalue weighted by Gasteiger charge is -1.94. The van der Waals surface area contributed by atoms with Crippen molar-refractivity contribution in [1.82, 2.24) is 0 Å². The molecule has 0 aliphatic carbocycles. The Labute approximate surface area is 344 Å². The van der Waals surface area contributed by atoms with Crippen molar-refractivity contribution in [2.24, 2.45) is 0 Å². The van der Waals surface area contributed by atoms with Crippen LogP contribution in [0.2, 0.25) is 25.1 Å². The molecule has 0 aliphatic rings. The second-order valence-electron chi connectivity index (χ2n) is 9.55. The van der Waals surface area contributed by atoms with E-state index in [-0.39, 0.29) is 23.5 Å². The van der Waals surface area contributed by atoms with E-state index in [4.69, 9.17) is 121 Å². The Bertz CT molecular complexity index is 1410. The highest BCUT2D eigenvalue weighted by molar-refractivity contribution is 7.81. The van der Waals surface area contributed by atoms with E-state index in [1.54, 1.807) is 30.3 Å². The quantitative estimate of drug-likeness (QED) is 0.136. The van der Waals surface area contributed by atoms with Crippen molar-refractivity contribution >= 4 is 121 Å². The van der Waals surface area contributed by atoms with Crippen LogP contribution in [0.1, 0.15) is 27.8 Å². The van der Waals surface area contributed by atoms with Crippen LogP contribution in [0.25, 0.3) is 0 Å². The first-order valence-corrected chi connectivity index (χ1v) is 17.1. The van der Waals surface area contributed by atoms with Gasteiger partial charge in [0.15, 0.2) is 0 Å². The van der Waals surface area contributed by atoms with Gasteiger partial charge in [-0.3, -0.25) is 23.5 Å². The largest absolute Gasteiger partial charge is 0.269 e. The van der Waals surface area contributed by atoms with Gasteiger partial charge in [0.05, 0.1) is 0 Å². The molecule has 0 saturated heterocycles. The van der Waals surface area contributed by atoms with E-state index in [1.165, 1.54) is 0 Å². The summed E-state index contributed by atoms with van der Waals surface area (Å²) >= 11 is 53.1. The zero-order chi connectivity index (χ0) is 34.3. The summed E-state index contributed by atoms with van der Waals surface area (Å²) in [5.74, 6) is 0. The summed E-state index contributed by atoms with van der Waals surface area (Å²) < 4.78 is 0. The Kier molecular flexibility index (Phi) is 34.4. The first-order chi connectivity index (χ1) is 21.0. The molecule has 0 heterocycles. The Morgan fingerprint density at radius 2 is 0.400 bits per heavy atom. The van der Waals surface area contributed by atoms with Crippen molar-refractivity contribution in [2.75, 3.05) is 0 Å². The van der Waals surface area contributed by atoms with Crippen molar-refractivity contribution in [2.45, 2.75) is 59.1 Å². The summed E-state index contributed by atoms with van der Waals surface area (Å²) in [7, 11) is 0. The summed E-state index contributed by atoms with van der Waals surface area (Å²) in [6, 6.07) is 27.9. The van der Waals surface area contributed by atoms with Gasteiger partial charge in [-0.15, -0.1) is 0 Å². The van der Waals surface area contributed by atoms with Gasteiger partial charge in [-0.25, -0.2) is 0 Å². The topological polar surface area (TPSA) is 0 Å². The Morgan fingerprint density at radius 1 is 0.280 bits per heavy atom. The van der Waals surface area contributed by atoms with Crippen LogP contribution in [-0.4, -0.2) is 0 Å². The van der Waals surface area contributed by atoms with E-state index in [1.807, 2.05) is 95.3 Å². The number of halogens is 10. The fraction of sp³-hybridized carbons (Fsp3) is 0.143. The average Bonchev–Trinajstić information content (AvgIpc) is 2.97. The van der Waals surface area contributed by atoms with Crippen LogP contribution in [0.3, 0.4) is 0 Å². The number of rotatable bonds is 0. The second kappa shape index (κ2) is 29.8. The maximum Gasteiger partial charge on any atom is 0.0449 e. The van der Waals surface area contributed by atoms with Gasteiger partial charge in [0.25, 0.3) is 0 Å². The maximum absolute atomic E-state index is 5.75. The van der Waals surface area contributed by atoms with Crippen LogP contribution in [0.5, 0.6) is 0 Å². The molecule has 0 unspecified atom stereocenters. The molecule has 0 fully saturated rings. The van der Waals surface area contributed by atoms with Crippen molar-refractivity contribution in [1.29, 1.82) is 0 Å². The van der Waals surface area contributed by atoms with Crippen molar-refractivity contribution in [3.8, 4) is 0 Å². The second-order valence-corrected chi connectivity index (χ2v) is 13.9. The molecule has 0 nitrogen and oxygen atoms in total. The number of benzene rings is 5. The molecule has 0 amide bonds. The molecule has 0 saturated carbocycles. The van der Waals surface area contributed by atoms with Crippen molar-refractivity contribution in [3.05, 3.63) is 144 Å². The van der Waals surface area contributed by atoms with Crippen LogP contribution in [0.15, 0.2) is 115 Å². The third-order valence-electron chi connectivity index (χ3n) is 5.72. The summed E-state index contributed by atoms with van der Waals surface area (Å²) in [5, 5.41) is 3.76. The molecule has 5 aromatic rings. The Morgan fingerprint density at radius 3 is 0.480 bits per heavy atom. The Balaban J connectivity index is -0.000000165. The minimum Gasteiger partial charge on any atom is -0.269 e. The minimum atomic E-state index is 0. The molecule has 50 heavy (non-hydrogen) atoms. The lowest BCUT2D eigenvalue weighted by Crippen LogP contribution is -1.72. The van der Waals surface area contributed by atoms with Gasteiger partial charge in [0.2, 0.25) is 0 Å². The van der Waals surface area contributed by atoms with Crippen molar-refractivity contribution < 1.29 is 23.5 Å². The number of aryl methyl sites for hydroxylation is 5. The van der Waals surface area contributed by atoms with Crippen LogP contribution < -0.4 is 0 Å². The fourth-order valence-electron chi connectivity index (χ4n) is 2.87. The predicted octanol–water partition coefficient (Wildman–Crippen LogP) is 16.8. The van der Waals surface area contributed by atoms with Crippen molar-refractivity contribution in [3.63, 3.8) is 0 Å². The molecule has 5 rings (SSSR count). The lowest BCUT2D eigenvalue weighted by molar-refractivity contribution is 1.11. The highest BCUT2D eigenvalue weighted by Crippen LogP contribution is 2.21. The molecule has 0 aliphatic heterocycles. The van der Waals surface area contributed by atoms with E-state index in [0.29, 0.717) is 0 Å². The van der Waals surface area contributed by atoms with Crippen LogP contribution >= 0.6 is 121 Å². The maximum atomic E-state index is 5.75. The van der Waals surface area contributed by atoms with Gasteiger partial charge in [-0.1, -0.05) is 151 Å². The van der Waals surface area contributed by atoms with Crippen LogP contribution in [0, 0.1) is 34.6 Å². The monoisotopic (exact) mass is 885 g/mol. The molecular formula is C35H35Cl5F5S5. The molecule has 275 valence electrons. The Hall–Kier alpha value is -1.70. The van der Waals surface area contributed by atoms with Crippen LogP contribution in [0.4, 0.5) is 23.5 Å². The standard InChI is InChI=1S/5C7H6ClS.5FH/c5*1-5-2-3-6(9)4-7(5)8;;;;;/h5*2-4H,1H3;5*1H. The normalized spacial score (nSPS) is 8.60. The molecule has 5 radical (unpaired) electrons. The van der Waals surface area contributed by atoms with Gasteiger partial charge in [-0.05, 0) is 123 Å². The highest BCUT2D eigenvalue weighted by atomic mass is 35.5. The van der Waals surface area contributed by atoms with Crippen LogP contribution in [-0.2, 0) is 0 Å². The van der Waals surface area contributed by atoms with E-state index in [9.17, 15) is 0 Å². The molecule has 15 heteroatoms. The zero-order valence-corrected chi connectivity index (χ0v) is 35.0. The van der Waals surface area contributed by atoms with Gasteiger partial charge in [0.1, 0.15) is 0 Å². The van der Waals surface area contributed by atoms with Gasteiger partial charge in [0, 0.05) is 49.6 Å². The SMILES string of the molecule is Cc1ccc([S])cc1Cl.Cc1ccc([S])cc1Cl.Cc1ccc([S])cc1Cl.Cc1ccc([S])cc1Cl.Cc1ccc([S])cc1Cl.F.F.F.F.F. The number of hydrogen-bond donors (Lipinski definition) is 0. The minimum absolute atomic E-state index is 0. The molecule has 5 aromatic carbocycles. The smallest absolute Gasteiger partial charge is 0.0449 e. The predicted molar refractivity (Wildman–Crippen MR) is 223 cm³/mol.